The lowest BCUT2D eigenvalue weighted by atomic mass is 9.95. The van der Waals surface area contributed by atoms with Gasteiger partial charge in [-0.15, -0.1) is 0 Å². The molecule has 0 saturated carbocycles. The molecule has 1 unspecified atom stereocenters. The second-order valence-corrected chi connectivity index (χ2v) is 9.57. The first kappa shape index (κ1) is 26.3. The molecule has 2 aromatic rings. The van der Waals surface area contributed by atoms with Crippen molar-refractivity contribution in [3.05, 3.63) is 59.7 Å². The van der Waals surface area contributed by atoms with Crippen molar-refractivity contribution in [1.82, 2.24) is 10.6 Å². The molecule has 35 heavy (non-hydrogen) atoms. The number of hydrogen-bond donors (Lipinski definition) is 3. The van der Waals surface area contributed by atoms with Gasteiger partial charge in [-0.3, -0.25) is 4.79 Å². The van der Waals surface area contributed by atoms with Crippen LogP contribution in [-0.2, 0) is 14.3 Å². The van der Waals surface area contributed by atoms with Crippen LogP contribution in [0.4, 0.5) is 4.79 Å². The Hall–Kier alpha value is -3.35. The zero-order chi connectivity index (χ0) is 25.4. The van der Waals surface area contributed by atoms with Gasteiger partial charge in [0.15, 0.2) is 0 Å². The van der Waals surface area contributed by atoms with Crippen molar-refractivity contribution in [2.45, 2.75) is 58.4 Å². The van der Waals surface area contributed by atoms with Gasteiger partial charge in [-0.05, 0) is 41.0 Å². The van der Waals surface area contributed by atoms with Crippen molar-refractivity contribution in [2.24, 2.45) is 11.8 Å². The molecule has 2 atom stereocenters. The minimum atomic E-state index is -1.04. The molecule has 0 aliphatic heterocycles. The molecule has 3 rings (SSSR count). The van der Waals surface area contributed by atoms with Crippen LogP contribution in [0, 0.1) is 11.8 Å². The summed E-state index contributed by atoms with van der Waals surface area (Å²) < 4.78 is 5.57. The predicted octanol–water partition coefficient (Wildman–Crippen LogP) is 4.95. The first-order valence-electron chi connectivity index (χ1n) is 12.4. The van der Waals surface area contributed by atoms with E-state index in [4.69, 9.17) is 4.74 Å². The highest BCUT2D eigenvalue weighted by atomic mass is 16.5. The van der Waals surface area contributed by atoms with E-state index in [-0.39, 0.29) is 30.9 Å². The molecule has 0 saturated heterocycles. The summed E-state index contributed by atoms with van der Waals surface area (Å²) in [5, 5.41) is 14.8. The minimum Gasteiger partial charge on any atom is -0.480 e. The van der Waals surface area contributed by atoms with E-state index in [2.05, 4.69) is 34.9 Å². The highest BCUT2D eigenvalue weighted by Crippen LogP contribution is 2.44. The Balaban J connectivity index is 1.58. The number of benzene rings is 2. The molecule has 2 aromatic carbocycles. The molecule has 0 bridgehead atoms. The summed E-state index contributed by atoms with van der Waals surface area (Å²) in [5.41, 5.74) is 4.57. The molecule has 0 heterocycles. The van der Waals surface area contributed by atoms with Gasteiger partial charge in [-0.2, -0.15) is 0 Å². The van der Waals surface area contributed by atoms with E-state index in [1.807, 2.05) is 45.0 Å². The maximum absolute atomic E-state index is 12.8. The van der Waals surface area contributed by atoms with Gasteiger partial charge in [-0.25, -0.2) is 9.59 Å². The number of aliphatic carboxylic acids is 1. The summed E-state index contributed by atoms with van der Waals surface area (Å²) in [6, 6.07) is 15.3. The van der Waals surface area contributed by atoms with Gasteiger partial charge in [0, 0.05) is 12.5 Å². The minimum absolute atomic E-state index is 0.0437. The van der Waals surface area contributed by atoms with E-state index in [9.17, 15) is 19.5 Å². The van der Waals surface area contributed by atoms with Crippen LogP contribution >= 0.6 is 0 Å². The summed E-state index contributed by atoms with van der Waals surface area (Å²) in [6.45, 7) is 6.22. The summed E-state index contributed by atoms with van der Waals surface area (Å²) in [4.78, 5) is 36.9. The van der Waals surface area contributed by atoms with Crippen LogP contribution in [0.3, 0.4) is 0 Å². The molecule has 0 fully saturated rings. The summed E-state index contributed by atoms with van der Waals surface area (Å²) in [7, 11) is 0. The molecular formula is C28H36N2O5. The molecule has 0 spiro atoms. The van der Waals surface area contributed by atoms with E-state index in [1.165, 1.54) is 0 Å². The first-order chi connectivity index (χ1) is 16.8. The van der Waals surface area contributed by atoms with Gasteiger partial charge in [0.05, 0.1) is 5.92 Å². The van der Waals surface area contributed by atoms with E-state index in [0.29, 0.717) is 19.3 Å². The quantitative estimate of drug-likeness (QED) is 0.399. The Morgan fingerprint density at radius 2 is 1.60 bits per heavy atom. The van der Waals surface area contributed by atoms with E-state index < -0.39 is 24.0 Å². The molecule has 2 amide bonds. The van der Waals surface area contributed by atoms with Gasteiger partial charge in [0.2, 0.25) is 5.91 Å². The molecule has 1 aliphatic carbocycles. The van der Waals surface area contributed by atoms with Gasteiger partial charge in [0.25, 0.3) is 0 Å². The van der Waals surface area contributed by atoms with Crippen molar-refractivity contribution in [1.29, 1.82) is 0 Å². The fourth-order valence-corrected chi connectivity index (χ4v) is 4.66. The number of unbranched alkanes of at least 4 members (excludes halogenated alkanes) is 1. The Morgan fingerprint density at radius 1 is 1.00 bits per heavy atom. The lowest BCUT2D eigenvalue weighted by molar-refractivity contribution is -0.142. The Morgan fingerprint density at radius 3 is 2.14 bits per heavy atom. The molecule has 7 nitrogen and oxygen atoms in total. The van der Waals surface area contributed by atoms with E-state index >= 15 is 0 Å². The van der Waals surface area contributed by atoms with Crippen molar-refractivity contribution >= 4 is 18.0 Å². The number of hydrogen-bond acceptors (Lipinski definition) is 4. The van der Waals surface area contributed by atoms with Crippen LogP contribution in [0.1, 0.15) is 63.5 Å². The van der Waals surface area contributed by atoms with Crippen LogP contribution in [0.2, 0.25) is 0 Å². The van der Waals surface area contributed by atoms with Gasteiger partial charge in [0.1, 0.15) is 12.6 Å². The number of alkyl carbamates (subject to hydrolysis) is 1. The smallest absolute Gasteiger partial charge is 0.407 e. The third-order valence-electron chi connectivity index (χ3n) is 6.42. The van der Waals surface area contributed by atoms with Crippen LogP contribution in [0.25, 0.3) is 11.1 Å². The predicted molar refractivity (Wildman–Crippen MR) is 135 cm³/mol. The van der Waals surface area contributed by atoms with Crippen LogP contribution in [-0.4, -0.2) is 42.3 Å². The fourth-order valence-electron chi connectivity index (χ4n) is 4.66. The monoisotopic (exact) mass is 480 g/mol. The normalized spacial score (nSPS) is 14.1. The van der Waals surface area contributed by atoms with E-state index in [1.54, 1.807) is 0 Å². The molecular weight excluding hydrogens is 444 g/mol. The SMILES string of the molecule is CCCC[C@H](NC(=O)C(CNC(=O)OCC1c2ccccc2-c2ccccc21)CC(C)C)C(=O)O. The van der Waals surface area contributed by atoms with Crippen LogP contribution < -0.4 is 10.6 Å². The number of carbonyl (C=O) groups is 3. The molecule has 1 aliphatic rings. The molecule has 0 aromatic heterocycles. The number of carboxylic acid groups (broad SMARTS) is 1. The van der Waals surface area contributed by atoms with Gasteiger partial charge >= 0.3 is 12.1 Å². The number of rotatable bonds is 12. The molecule has 3 N–H and O–H groups in total. The van der Waals surface area contributed by atoms with Crippen LogP contribution in [0.5, 0.6) is 0 Å². The second-order valence-electron chi connectivity index (χ2n) is 9.57. The lowest BCUT2D eigenvalue weighted by Crippen LogP contribution is -2.46. The Kier molecular flexibility index (Phi) is 9.29. The third-order valence-corrected chi connectivity index (χ3v) is 6.42. The maximum atomic E-state index is 12.8. The molecule has 7 heteroatoms. The zero-order valence-corrected chi connectivity index (χ0v) is 20.8. The number of nitrogens with one attached hydrogen (secondary N) is 2. The second kappa shape index (κ2) is 12.4. The van der Waals surface area contributed by atoms with Crippen LogP contribution in [0.15, 0.2) is 48.5 Å². The standard InChI is InChI=1S/C28H36N2O5/c1-4-5-14-25(27(32)33)30-26(31)19(15-18(2)3)16-29-28(34)35-17-24-22-12-8-6-10-20(22)21-11-7-9-13-23(21)24/h6-13,18-19,24-25H,4-5,14-17H2,1-3H3,(H,29,34)(H,30,31)(H,32,33)/t19?,25-/m0/s1. The Labute approximate surface area is 207 Å². The van der Waals surface area contributed by atoms with Crippen molar-refractivity contribution in [3.8, 4) is 11.1 Å². The van der Waals surface area contributed by atoms with Gasteiger partial charge < -0.3 is 20.5 Å². The highest BCUT2D eigenvalue weighted by molar-refractivity contribution is 5.85. The summed E-state index contributed by atoms with van der Waals surface area (Å²) >= 11 is 0. The third kappa shape index (κ3) is 6.84. The van der Waals surface area contributed by atoms with Crippen molar-refractivity contribution in [3.63, 3.8) is 0 Å². The number of carboxylic acids is 1. The number of amides is 2. The largest absolute Gasteiger partial charge is 0.480 e. The lowest BCUT2D eigenvalue weighted by Gasteiger charge is -2.22. The fraction of sp³-hybridized carbons (Fsp3) is 0.464. The maximum Gasteiger partial charge on any atom is 0.407 e. The average molecular weight is 481 g/mol. The van der Waals surface area contributed by atoms with Gasteiger partial charge in [-0.1, -0.05) is 82.1 Å². The summed E-state index contributed by atoms with van der Waals surface area (Å²) in [6.07, 6.45) is 1.87. The number of fused-ring (bicyclic) bond motifs is 3. The highest BCUT2D eigenvalue weighted by Gasteiger charge is 2.30. The van der Waals surface area contributed by atoms with Crippen molar-refractivity contribution < 1.29 is 24.2 Å². The van der Waals surface area contributed by atoms with Crippen molar-refractivity contribution in [2.75, 3.05) is 13.2 Å². The summed E-state index contributed by atoms with van der Waals surface area (Å²) in [5.74, 6) is -1.79. The average Bonchev–Trinajstić information content (AvgIpc) is 3.16. The topological polar surface area (TPSA) is 105 Å². The Bertz CT molecular complexity index is 990. The number of ether oxygens (including phenoxy) is 1. The number of carbonyl (C=O) groups excluding carboxylic acids is 2. The zero-order valence-electron chi connectivity index (χ0n) is 20.8. The molecule has 0 radical (unpaired) electrons. The van der Waals surface area contributed by atoms with E-state index in [0.717, 1.165) is 28.7 Å². The molecule has 188 valence electrons. The first-order valence-corrected chi connectivity index (χ1v) is 12.4.